The lowest BCUT2D eigenvalue weighted by Gasteiger charge is -2.08. The predicted octanol–water partition coefficient (Wildman–Crippen LogP) is 3.72. The Morgan fingerprint density at radius 3 is 2.26 bits per heavy atom. The van der Waals surface area contributed by atoms with Crippen LogP contribution in [0.2, 0.25) is 0 Å². The van der Waals surface area contributed by atoms with Gasteiger partial charge in [-0.1, -0.05) is 30.3 Å². The summed E-state index contributed by atoms with van der Waals surface area (Å²) in [5.41, 5.74) is 1.32. The minimum Gasteiger partial charge on any atom is -0.422 e. The Kier molecular flexibility index (Phi) is 3.32. The summed E-state index contributed by atoms with van der Waals surface area (Å²) in [5, 5.41) is 2.63. The molecule has 0 aliphatic carbocycles. The third-order valence-electron chi connectivity index (χ3n) is 4.39. The third-order valence-corrected chi connectivity index (χ3v) is 5.22. The number of rotatable bonds is 2. The molecule has 0 unspecified atom stereocenters. The second kappa shape index (κ2) is 5.72. The van der Waals surface area contributed by atoms with Crippen LogP contribution in [0, 0.1) is 0 Å². The summed E-state index contributed by atoms with van der Waals surface area (Å²) in [6.07, 6.45) is 0. The Bertz CT molecular complexity index is 1270. The van der Waals surface area contributed by atoms with Gasteiger partial charge in [0, 0.05) is 10.8 Å². The number of carbonyl (C=O) groups excluding carboxylic acids is 2. The molecular weight excluding hydrogens is 364 g/mol. The van der Waals surface area contributed by atoms with E-state index in [-0.39, 0.29) is 10.7 Å². The Morgan fingerprint density at radius 2 is 1.52 bits per heavy atom. The first-order valence-corrected chi connectivity index (χ1v) is 8.98. The third kappa shape index (κ3) is 2.32. The number of benzene rings is 2. The minimum atomic E-state index is -0.520. The van der Waals surface area contributed by atoms with Gasteiger partial charge < -0.3 is 4.42 Å². The van der Waals surface area contributed by atoms with Crippen LogP contribution in [0.4, 0.5) is 5.13 Å². The number of hydrogen-bond acceptors (Lipinski definition) is 6. The van der Waals surface area contributed by atoms with E-state index in [4.69, 9.17) is 4.42 Å². The van der Waals surface area contributed by atoms with Gasteiger partial charge in [0.2, 0.25) is 0 Å². The van der Waals surface area contributed by atoms with Crippen LogP contribution in [-0.4, -0.2) is 16.8 Å². The zero-order valence-corrected chi connectivity index (χ0v) is 14.5. The molecule has 130 valence electrons. The molecule has 5 rings (SSSR count). The maximum Gasteiger partial charge on any atom is 0.345 e. The van der Waals surface area contributed by atoms with Crippen molar-refractivity contribution in [3.63, 3.8) is 0 Å². The van der Waals surface area contributed by atoms with Crippen LogP contribution in [-0.2, 0) is 0 Å². The lowest BCUT2D eigenvalue weighted by Crippen LogP contribution is -2.29. The van der Waals surface area contributed by atoms with Gasteiger partial charge in [0.25, 0.3) is 11.8 Å². The molecule has 0 saturated heterocycles. The van der Waals surface area contributed by atoms with Crippen molar-refractivity contribution in [2.75, 3.05) is 4.90 Å². The van der Waals surface area contributed by atoms with Crippen molar-refractivity contribution < 1.29 is 14.0 Å². The normalized spacial score (nSPS) is 13.4. The van der Waals surface area contributed by atoms with E-state index in [1.807, 2.05) is 12.1 Å². The van der Waals surface area contributed by atoms with Crippen LogP contribution in [0.15, 0.2) is 69.2 Å². The highest BCUT2D eigenvalue weighted by Gasteiger charge is 2.38. The summed E-state index contributed by atoms with van der Waals surface area (Å²) in [6.45, 7) is 0. The van der Waals surface area contributed by atoms with Crippen molar-refractivity contribution in [2.24, 2.45) is 0 Å². The molecule has 1 aliphatic rings. The van der Waals surface area contributed by atoms with Crippen LogP contribution in [0.3, 0.4) is 0 Å². The highest BCUT2D eigenvalue weighted by atomic mass is 32.1. The number of fused-ring (bicyclic) bond motifs is 2. The molecule has 6 nitrogen and oxygen atoms in total. The Labute approximate surface area is 156 Å². The Balaban J connectivity index is 1.59. The zero-order valence-electron chi connectivity index (χ0n) is 13.7. The molecule has 0 saturated carbocycles. The van der Waals surface area contributed by atoms with Crippen molar-refractivity contribution in [1.29, 1.82) is 0 Å². The molecule has 0 bridgehead atoms. The average Bonchev–Trinajstić information content (AvgIpc) is 3.25. The summed E-state index contributed by atoms with van der Waals surface area (Å²) >= 11 is 1.13. The van der Waals surface area contributed by atoms with E-state index in [0.29, 0.717) is 22.4 Å². The van der Waals surface area contributed by atoms with Gasteiger partial charge in [0.15, 0.2) is 5.13 Å². The highest BCUT2D eigenvalue weighted by Crippen LogP contribution is 2.33. The summed E-state index contributed by atoms with van der Waals surface area (Å²) in [6, 6.07) is 15.5. The molecule has 0 spiro atoms. The zero-order chi connectivity index (χ0) is 18.5. The van der Waals surface area contributed by atoms with Gasteiger partial charge in [-0.05, 0) is 24.3 Å². The minimum absolute atomic E-state index is 0.226. The molecule has 2 aromatic heterocycles. The van der Waals surface area contributed by atoms with E-state index in [1.165, 1.54) is 0 Å². The highest BCUT2D eigenvalue weighted by molar-refractivity contribution is 7.14. The summed E-state index contributed by atoms with van der Waals surface area (Å²) in [5.74, 6) is -0.830. The van der Waals surface area contributed by atoms with Crippen LogP contribution in [0.25, 0.3) is 22.2 Å². The first-order chi connectivity index (χ1) is 13.1. The standard InChI is InChI=1S/C20H10N2O4S/c23-17-12-6-2-3-7-13(12)18(24)22(17)20-21-15(10-27-20)14-9-11-5-1-4-8-16(11)26-19(14)25/h1-10H. The van der Waals surface area contributed by atoms with Gasteiger partial charge >= 0.3 is 5.63 Å². The molecule has 0 atom stereocenters. The summed E-state index contributed by atoms with van der Waals surface area (Å²) in [7, 11) is 0. The quantitative estimate of drug-likeness (QED) is 0.395. The SMILES string of the molecule is O=C1c2ccccc2C(=O)N1c1nc(-c2cc3ccccc3oc2=O)cs1. The second-order valence-corrected chi connectivity index (χ2v) is 6.83. The van der Waals surface area contributed by atoms with Gasteiger partial charge in [-0.15, -0.1) is 11.3 Å². The number of amides is 2. The smallest absolute Gasteiger partial charge is 0.345 e. The van der Waals surface area contributed by atoms with Crippen LogP contribution in [0.5, 0.6) is 0 Å². The fourth-order valence-corrected chi connectivity index (χ4v) is 3.91. The van der Waals surface area contributed by atoms with Gasteiger partial charge in [-0.25, -0.2) is 14.7 Å². The van der Waals surface area contributed by atoms with Gasteiger partial charge in [0.1, 0.15) is 5.58 Å². The van der Waals surface area contributed by atoms with E-state index in [2.05, 4.69) is 4.98 Å². The molecule has 3 heterocycles. The Hall–Kier alpha value is -3.58. The van der Waals surface area contributed by atoms with Crippen LogP contribution in [0.1, 0.15) is 20.7 Å². The average molecular weight is 374 g/mol. The van der Waals surface area contributed by atoms with E-state index in [9.17, 15) is 14.4 Å². The van der Waals surface area contributed by atoms with Crippen molar-refractivity contribution in [2.45, 2.75) is 0 Å². The first-order valence-electron chi connectivity index (χ1n) is 8.10. The van der Waals surface area contributed by atoms with Gasteiger partial charge in [-0.3, -0.25) is 9.59 Å². The molecule has 1 aliphatic heterocycles. The van der Waals surface area contributed by atoms with Gasteiger partial charge in [-0.2, -0.15) is 0 Å². The molecule has 0 N–H and O–H groups in total. The molecule has 2 amide bonds. The lowest BCUT2D eigenvalue weighted by molar-refractivity contribution is 0.0926. The van der Waals surface area contributed by atoms with E-state index < -0.39 is 17.4 Å². The van der Waals surface area contributed by atoms with Crippen molar-refractivity contribution in [3.05, 3.63) is 81.5 Å². The predicted molar refractivity (Wildman–Crippen MR) is 101 cm³/mol. The maximum atomic E-state index is 12.6. The monoisotopic (exact) mass is 374 g/mol. The fourth-order valence-electron chi connectivity index (χ4n) is 3.09. The van der Waals surface area contributed by atoms with Crippen LogP contribution < -0.4 is 10.5 Å². The molecule has 0 radical (unpaired) electrons. The summed E-state index contributed by atoms with van der Waals surface area (Å²) < 4.78 is 5.34. The molecule has 27 heavy (non-hydrogen) atoms. The molecular formula is C20H10N2O4S. The number of imide groups is 1. The van der Waals surface area contributed by atoms with Crippen molar-refractivity contribution >= 4 is 39.3 Å². The topological polar surface area (TPSA) is 80.5 Å². The van der Waals surface area contributed by atoms with E-state index in [0.717, 1.165) is 21.6 Å². The number of anilines is 1. The van der Waals surface area contributed by atoms with E-state index >= 15 is 0 Å². The molecule has 4 aromatic rings. The molecule has 7 heteroatoms. The fraction of sp³-hybridized carbons (Fsp3) is 0. The number of para-hydroxylation sites is 1. The Morgan fingerprint density at radius 1 is 0.852 bits per heavy atom. The van der Waals surface area contributed by atoms with Crippen LogP contribution >= 0.6 is 11.3 Å². The molecule has 0 fully saturated rings. The number of hydrogen-bond donors (Lipinski definition) is 0. The van der Waals surface area contributed by atoms with E-state index in [1.54, 1.807) is 47.8 Å². The second-order valence-electron chi connectivity index (χ2n) is 5.99. The largest absolute Gasteiger partial charge is 0.422 e. The maximum absolute atomic E-state index is 12.6. The lowest BCUT2D eigenvalue weighted by atomic mass is 10.1. The van der Waals surface area contributed by atoms with Gasteiger partial charge in [0.05, 0.1) is 22.4 Å². The number of carbonyl (C=O) groups is 2. The molecule has 2 aromatic carbocycles. The number of thiazole rings is 1. The number of aromatic nitrogens is 1. The summed E-state index contributed by atoms with van der Waals surface area (Å²) in [4.78, 5) is 42.9. The number of nitrogens with zero attached hydrogens (tertiary/aromatic N) is 2. The first kappa shape index (κ1) is 15.7. The van der Waals surface area contributed by atoms with Crippen molar-refractivity contribution in [1.82, 2.24) is 4.98 Å². The van der Waals surface area contributed by atoms with Crippen molar-refractivity contribution in [3.8, 4) is 11.3 Å².